The second-order valence-electron chi connectivity index (χ2n) is 5.85. The largest absolute Gasteiger partial charge is 0.370 e. The molecule has 2 rings (SSSR count). The first-order valence-electron chi connectivity index (χ1n) is 8.09. The van der Waals surface area contributed by atoms with Gasteiger partial charge < -0.3 is 16.0 Å². The van der Waals surface area contributed by atoms with E-state index in [2.05, 4.69) is 21.2 Å². The minimum absolute atomic E-state index is 0.0742. The molecule has 0 unspecified atom stereocenters. The van der Waals surface area contributed by atoms with Crippen LogP contribution in [0.25, 0.3) is 0 Å². The lowest BCUT2D eigenvalue weighted by Gasteiger charge is -2.24. The second-order valence-corrected chi connectivity index (χ2v) is 6.77. The van der Waals surface area contributed by atoms with Crippen LogP contribution < -0.4 is 16.0 Å². The van der Waals surface area contributed by atoms with Crippen LogP contribution >= 0.6 is 15.9 Å². The van der Waals surface area contributed by atoms with Gasteiger partial charge in [0, 0.05) is 41.8 Å². The van der Waals surface area contributed by atoms with Crippen LogP contribution in [-0.4, -0.2) is 24.9 Å². The molecule has 0 heterocycles. The lowest BCUT2D eigenvalue weighted by molar-refractivity contribution is -0.118. The third kappa shape index (κ3) is 6.58. The van der Waals surface area contributed by atoms with Gasteiger partial charge in [0.05, 0.1) is 0 Å². The molecule has 132 valence electrons. The Bertz CT molecular complexity index is 749. The van der Waals surface area contributed by atoms with Gasteiger partial charge in [0.25, 0.3) is 0 Å². The molecule has 0 aliphatic carbocycles. The van der Waals surface area contributed by atoms with Gasteiger partial charge in [-0.3, -0.25) is 9.59 Å². The van der Waals surface area contributed by atoms with Crippen LogP contribution in [0, 0.1) is 6.92 Å². The van der Waals surface area contributed by atoms with Crippen LogP contribution in [0.2, 0.25) is 0 Å². The molecule has 0 radical (unpaired) electrons. The monoisotopic (exact) mass is 403 g/mol. The highest BCUT2D eigenvalue weighted by atomic mass is 79.9. The van der Waals surface area contributed by atoms with Crippen LogP contribution in [0.1, 0.15) is 18.4 Å². The molecule has 0 aromatic heterocycles. The topological polar surface area (TPSA) is 75.4 Å². The maximum Gasteiger partial charge on any atom is 0.226 e. The Hall–Kier alpha value is -2.34. The fourth-order valence-corrected chi connectivity index (χ4v) is 2.87. The summed E-state index contributed by atoms with van der Waals surface area (Å²) in [6.45, 7) is 3.01. The molecule has 5 nitrogen and oxygen atoms in total. The smallest absolute Gasteiger partial charge is 0.226 e. The van der Waals surface area contributed by atoms with Gasteiger partial charge in [-0.25, -0.2) is 0 Å². The van der Waals surface area contributed by atoms with E-state index in [1.807, 2.05) is 60.4 Å². The van der Waals surface area contributed by atoms with Crippen molar-refractivity contribution >= 4 is 39.1 Å². The molecular weight excluding hydrogens is 382 g/mol. The summed E-state index contributed by atoms with van der Waals surface area (Å²) in [4.78, 5) is 25.4. The van der Waals surface area contributed by atoms with Crippen LogP contribution in [0.5, 0.6) is 0 Å². The normalized spacial score (nSPS) is 10.3. The highest BCUT2D eigenvalue weighted by Crippen LogP contribution is 2.18. The van der Waals surface area contributed by atoms with Crippen molar-refractivity contribution < 1.29 is 9.59 Å². The van der Waals surface area contributed by atoms with Crippen molar-refractivity contribution in [3.05, 3.63) is 58.6 Å². The van der Waals surface area contributed by atoms with Gasteiger partial charge in [0.15, 0.2) is 0 Å². The van der Waals surface area contributed by atoms with Crippen molar-refractivity contribution in [1.29, 1.82) is 0 Å². The van der Waals surface area contributed by atoms with Gasteiger partial charge in [0.1, 0.15) is 0 Å². The number of hydrogen-bond acceptors (Lipinski definition) is 3. The van der Waals surface area contributed by atoms with Crippen LogP contribution in [0.15, 0.2) is 53.0 Å². The summed E-state index contributed by atoms with van der Waals surface area (Å²) in [5, 5.41) is 2.88. The highest BCUT2D eigenvalue weighted by molar-refractivity contribution is 9.10. The van der Waals surface area contributed by atoms with Crippen molar-refractivity contribution in [3.63, 3.8) is 0 Å². The molecule has 3 N–H and O–H groups in total. The number of rotatable bonds is 8. The summed E-state index contributed by atoms with van der Waals surface area (Å²) in [6.07, 6.45) is 0.570. The lowest BCUT2D eigenvalue weighted by atomic mass is 10.2. The number of aryl methyl sites for hydroxylation is 1. The molecule has 0 atom stereocenters. The Morgan fingerprint density at radius 1 is 1.08 bits per heavy atom. The Kier molecular flexibility index (Phi) is 7.01. The maximum absolute atomic E-state index is 12.2. The number of carbonyl (C=O) groups is 2. The molecule has 0 aliphatic rings. The van der Waals surface area contributed by atoms with Gasteiger partial charge in [-0.2, -0.15) is 0 Å². The zero-order chi connectivity index (χ0) is 18.2. The predicted octanol–water partition coefficient (Wildman–Crippen LogP) is 3.47. The van der Waals surface area contributed by atoms with Crippen molar-refractivity contribution in [3.8, 4) is 0 Å². The number of anilines is 2. The number of nitrogens with two attached hydrogens (primary N) is 1. The molecular formula is C19H22BrN3O2. The first-order valence-corrected chi connectivity index (χ1v) is 8.88. The Balaban J connectivity index is 1.98. The van der Waals surface area contributed by atoms with Crippen molar-refractivity contribution in [2.75, 3.05) is 23.3 Å². The third-order valence-electron chi connectivity index (χ3n) is 3.71. The van der Waals surface area contributed by atoms with Crippen LogP contribution in [0.4, 0.5) is 11.4 Å². The molecule has 2 aromatic carbocycles. The molecule has 0 saturated heterocycles. The molecule has 0 aliphatic heterocycles. The van der Waals surface area contributed by atoms with Gasteiger partial charge >= 0.3 is 0 Å². The number of nitrogens with one attached hydrogen (secondary N) is 1. The summed E-state index contributed by atoms with van der Waals surface area (Å²) in [5.74, 6) is -0.425. The molecule has 0 fully saturated rings. The molecule has 0 saturated carbocycles. The van der Waals surface area contributed by atoms with Crippen molar-refractivity contribution in [1.82, 2.24) is 0 Å². The fourth-order valence-electron chi connectivity index (χ4n) is 2.47. The van der Waals surface area contributed by atoms with E-state index in [4.69, 9.17) is 5.73 Å². The van der Waals surface area contributed by atoms with E-state index >= 15 is 0 Å². The van der Waals surface area contributed by atoms with E-state index in [9.17, 15) is 9.59 Å². The number of carbonyl (C=O) groups excluding carboxylic acids is 2. The molecule has 0 spiro atoms. The van der Waals surface area contributed by atoms with Crippen molar-refractivity contribution in [2.24, 2.45) is 5.73 Å². The first kappa shape index (κ1) is 19.0. The molecule has 6 heteroatoms. The summed E-state index contributed by atoms with van der Waals surface area (Å²) in [7, 11) is 0. The first-order chi connectivity index (χ1) is 11.9. The number of primary amides is 1. The predicted molar refractivity (Wildman–Crippen MR) is 105 cm³/mol. The molecule has 2 amide bonds. The average Bonchev–Trinajstić information content (AvgIpc) is 2.54. The Morgan fingerprint density at radius 3 is 2.48 bits per heavy atom. The fraction of sp³-hybridized carbons (Fsp3) is 0.263. The van der Waals surface area contributed by atoms with Gasteiger partial charge in [-0.1, -0.05) is 34.1 Å². The maximum atomic E-state index is 12.2. The van der Waals surface area contributed by atoms with Gasteiger partial charge in [0.2, 0.25) is 11.8 Å². The minimum atomic E-state index is -0.351. The average molecular weight is 404 g/mol. The van der Waals surface area contributed by atoms with Crippen molar-refractivity contribution in [2.45, 2.75) is 19.8 Å². The summed E-state index contributed by atoms with van der Waals surface area (Å²) in [6, 6.07) is 15.4. The molecule has 2 aromatic rings. The van der Waals surface area contributed by atoms with E-state index in [1.54, 1.807) is 0 Å². The van der Waals surface area contributed by atoms with Gasteiger partial charge in [-0.15, -0.1) is 0 Å². The number of hydrogen-bond donors (Lipinski definition) is 2. The zero-order valence-electron chi connectivity index (χ0n) is 14.2. The Labute approximate surface area is 156 Å². The number of amides is 2. The summed E-state index contributed by atoms with van der Waals surface area (Å²) >= 11 is 3.38. The number of benzene rings is 2. The summed E-state index contributed by atoms with van der Waals surface area (Å²) < 4.78 is 0.910. The van der Waals surface area contributed by atoms with E-state index in [-0.39, 0.29) is 18.2 Å². The lowest BCUT2D eigenvalue weighted by Crippen LogP contribution is -2.31. The van der Waals surface area contributed by atoms with E-state index in [0.29, 0.717) is 19.5 Å². The quantitative estimate of drug-likeness (QED) is 0.708. The van der Waals surface area contributed by atoms with E-state index in [1.165, 1.54) is 0 Å². The second kappa shape index (κ2) is 9.22. The number of halogens is 1. The standard InChI is InChI=1S/C19H22BrN3O2/c1-14-4-2-7-17(12-14)23(10-8-18(21)24)11-9-19(25)22-16-6-3-5-15(20)13-16/h2-7,12-13H,8-11H2,1H3,(H2,21,24)(H,22,25). The zero-order valence-corrected chi connectivity index (χ0v) is 15.8. The number of nitrogens with zero attached hydrogens (tertiary/aromatic N) is 1. The van der Waals surface area contributed by atoms with E-state index < -0.39 is 0 Å². The van der Waals surface area contributed by atoms with Crippen LogP contribution in [0.3, 0.4) is 0 Å². The van der Waals surface area contributed by atoms with Crippen LogP contribution in [-0.2, 0) is 9.59 Å². The Morgan fingerprint density at radius 2 is 1.80 bits per heavy atom. The summed E-state index contributed by atoms with van der Waals surface area (Å²) in [5.41, 5.74) is 8.13. The molecule has 0 bridgehead atoms. The highest BCUT2D eigenvalue weighted by Gasteiger charge is 2.11. The molecule has 25 heavy (non-hydrogen) atoms. The minimum Gasteiger partial charge on any atom is -0.370 e. The third-order valence-corrected chi connectivity index (χ3v) is 4.21. The van der Waals surface area contributed by atoms with E-state index in [0.717, 1.165) is 21.4 Å². The SMILES string of the molecule is Cc1cccc(N(CCC(N)=O)CCC(=O)Nc2cccc(Br)c2)c1. The van der Waals surface area contributed by atoms with Gasteiger partial charge in [-0.05, 0) is 42.8 Å².